The van der Waals surface area contributed by atoms with E-state index in [-0.39, 0.29) is 5.91 Å². The maximum Gasteiger partial charge on any atom is 0.275 e. The first kappa shape index (κ1) is 13.1. The van der Waals surface area contributed by atoms with Crippen LogP contribution in [0.5, 0.6) is 11.5 Å². The highest BCUT2D eigenvalue weighted by atomic mass is 16.5. The lowest BCUT2D eigenvalue weighted by atomic mass is 10.1. The zero-order chi connectivity index (χ0) is 13.9. The van der Waals surface area contributed by atoms with E-state index in [0.717, 1.165) is 5.75 Å². The fourth-order valence-corrected chi connectivity index (χ4v) is 1.67. The Morgan fingerprint density at radius 3 is 2.37 bits per heavy atom. The maximum atomic E-state index is 12.2. The third-order valence-electron chi connectivity index (χ3n) is 2.69. The molecular formula is C14H16N2O3. The molecule has 0 aliphatic heterocycles. The molecule has 0 radical (unpaired) electrons. The first-order chi connectivity index (χ1) is 9.03. The van der Waals surface area contributed by atoms with Crippen LogP contribution >= 0.6 is 0 Å². The number of rotatable bonds is 4. The van der Waals surface area contributed by atoms with Crippen molar-refractivity contribution in [1.29, 1.82) is 0 Å². The molecule has 0 aliphatic rings. The van der Waals surface area contributed by atoms with Crippen molar-refractivity contribution in [3.8, 4) is 11.5 Å². The van der Waals surface area contributed by atoms with Gasteiger partial charge in [0.15, 0.2) is 5.60 Å². The smallest absolute Gasteiger partial charge is 0.275 e. The highest BCUT2D eigenvalue weighted by molar-refractivity contribution is 5.86. The molecule has 0 spiro atoms. The third-order valence-corrected chi connectivity index (χ3v) is 2.69. The van der Waals surface area contributed by atoms with Crippen molar-refractivity contribution < 1.29 is 14.3 Å². The van der Waals surface area contributed by atoms with E-state index in [0.29, 0.717) is 5.75 Å². The molecule has 0 N–H and O–H groups in total. The minimum atomic E-state index is -0.977. The normalized spacial score (nSPS) is 11.1. The number of nitrogens with zero attached hydrogens (tertiary/aromatic N) is 2. The van der Waals surface area contributed by atoms with Gasteiger partial charge in [0.1, 0.15) is 17.8 Å². The molecule has 19 heavy (non-hydrogen) atoms. The van der Waals surface area contributed by atoms with Gasteiger partial charge >= 0.3 is 0 Å². The molecule has 1 aromatic heterocycles. The fraction of sp³-hybridized carbons (Fsp3) is 0.286. The van der Waals surface area contributed by atoms with Crippen LogP contribution in [0, 0.1) is 0 Å². The van der Waals surface area contributed by atoms with Gasteiger partial charge in [-0.15, -0.1) is 0 Å². The lowest BCUT2D eigenvalue weighted by molar-refractivity contribution is 0.0487. The van der Waals surface area contributed by atoms with Crippen LogP contribution in [-0.4, -0.2) is 28.2 Å². The van der Waals surface area contributed by atoms with Crippen molar-refractivity contribution in [1.82, 2.24) is 9.55 Å². The molecule has 0 atom stereocenters. The molecule has 0 saturated carbocycles. The van der Waals surface area contributed by atoms with Crippen molar-refractivity contribution in [3.63, 3.8) is 0 Å². The summed E-state index contributed by atoms with van der Waals surface area (Å²) in [4.78, 5) is 16.1. The van der Waals surface area contributed by atoms with Gasteiger partial charge in [0.25, 0.3) is 5.91 Å². The van der Waals surface area contributed by atoms with E-state index in [1.807, 2.05) is 0 Å². The Bertz CT molecular complexity index is 545. The standard InChI is InChI=1S/C14H16N2O3/c1-14(2,13(17)16-9-8-15-10-16)19-12-6-4-11(18-3)5-7-12/h4-10H,1-3H3. The van der Waals surface area contributed by atoms with Gasteiger partial charge in [-0.3, -0.25) is 9.36 Å². The summed E-state index contributed by atoms with van der Waals surface area (Å²) >= 11 is 0. The fourth-order valence-electron chi connectivity index (χ4n) is 1.67. The number of ether oxygens (including phenoxy) is 2. The van der Waals surface area contributed by atoms with Gasteiger partial charge in [-0.1, -0.05) is 0 Å². The largest absolute Gasteiger partial charge is 0.497 e. The molecule has 0 saturated heterocycles. The van der Waals surface area contributed by atoms with Crippen LogP contribution in [0.25, 0.3) is 0 Å². The summed E-state index contributed by atoms with van der Waals surface area (Å²) in [5.41, 5.74) is -0.977. The van der Waals surface area contributed by atoms with Crippen molar-refractivity contribution in [2.24, 2.45) is 0 Å². The molecule has 100 valence electrons. The van der Waals surface area contributed by atoms with Gasteiger partial charge in [0.05, 0.1) is 7.11 Å². The zero-order valence-electron chi connectivity index (χ0n) is 11.2. The van der Waals surface area contributed by atoms with Gasteiger partial charge in [0, 0.05) is 12.4 Å². The van der Waals surface area contributed by atoms with Crippen LogP contribution in [0.4, 0.5) is 0 Å². The van der Waals surface area contributed by atoms with E-state index < -0.39 is 5.60 Å². The van der Waals surface area contributed by atoms with Crippen LogP contribution < -0.4 is 9.47 Å². The van der Waals surface area contributed by atoms with Crippen LogP contribution in [0.15, 0.2) is 43.0 Å². The average Bonchev–Trinajstić information content (AvgIpc) is 2.92. The number of methoxy groups -OCH3 is 1. The Morgan fingerprint density at radius 2 is 1.84 bits per heavy atom. The minimum absolute atomic E-state index is 0.180. The molecule has 5 heteroatoms. The van der Waals surface area contributed by atoms with Gasteiger partial charge < -0.3 is 9.47 Å². The van der Waals surface area contributed by atoms with Crippen LogP contribution in [0.1, 0.15) is 18.6 Å². The second-order valence-corrected chi connectivity index (χ2v) is 4.56. The Balaban J connectivity index is 2.13. The first-order valence-electron chi connectivity index (χ1n) is 5.89. The zero-order valence-corrected chi connectivity index (χ0v) is 11.2. The summed E-state index contributed by atoms with van der Waals surface area (Å²) in [6.45, 7) is 3.44. The van der Waals surface area contributed by atoms with E-state index in [9.17, 15) is 4.79 Å². The highest BCUT2D eigenvalue weighted by Crippen LogP contribution is 2.22. The summed E-state index contributed by atoms with van der Waals surface area (Å²) in [6.07, 6.45) is 4.62. The van der Waals surface area contributed by atoms with Crippen LogP contribution in [0.2, 0.25) is 0 Å². The molecule has 0 aliphatic carbocycles. The number of aromatic nitrogens is 2. The predicted octanol–water partition coefficient (Wildman–Crippen LogP) is 2.39. The highest BCUT2D eigenvalue weighted by Gasteiger charge is 2.31. The lowest BCUT2D eigenvalue weighted by Gasteiger charge is -2.24. The Labute approximate surface area is 111 Å². The third kappa shape index (κ3) is 2.93. The number of carbonyl (C=O) groups excluding carboxylic acids is 1. The summed E-state index contributed by atoms with van der Waals surface area (Å²) in [7, 11) is 1.60. The van der Waals surface area contributed by atoms with Crippen molar-refractivity contribution >= 4 is 5.91 Å². The molecule has 1 heterocycles. The summed E-state index contributed by atoms with van der Waals surface area (Å²) in [6, 6.07) is 7.10. The number of imidazole rings is 1. The number of carbonyl (C=O) groups is 1. The monoisotopic (exact) mass is 260 g/mol. The summed E-state index contributed by atoms with van der Waals surface area (Å²) in [5, 5.41) is 0. The topological polar surface area (TPSA) is 53.4 Å². The predicted molar refractivity (Wildman–Crippen MR) is 70.6 cm³/mol. The quantitative estimate of drug-likeness (QED) is 0.847. The second-order valence-electron chi connectivity index (χ2n) is 4.56. The SMILES string of the molecule is COc1ccc(OC(C)(C)C(=O)n2ccnc2)cc1. The van der Waals surface area contributed by atoms with E-state index in [1.165, 1.54) is 10.9 Å². The maximum absolute atomic E-state index is 12.2. The van der Waals surface area contributed by atoms with E-state index >= 15 is 0 Å². The number of hydrogen-bond acceptors (Lipinski definition) is 4. The Hall–Kier alpha value is -2.30. The van der Waals surface area contributed by atoms with Crippen molar-refractivity contribution in [2.45, 2.75) is 19.4 Å². The molecular weight excluding hydrogens is 244 g/mol. The summed E-state index contributed by atoms with van der Waals surface area (Å²) < 4.78 is 12.2. The molecule has 0 amide bonds. The molecule has 2 rings (SSSR count). The van der Waals surface area contributed by atoms with Gasteiger partial charge in [0.2, 0.25) is 0 Å². The molecule has 5 nitrogen and oxygen atoms in total. The Morgan fingerprint density at radius 1 is 1.21 bits per heavy atom. The second kappa shape index (κ2) is 5.14. The van der Waals surface area contributed by atoms with Gasteiger partial charge in [-0.05, 0) is 38.1 Å². The molecule has 0 unspecified atom stereocenters. The minimum Gasteiger partial charge on any atom is -0.497 e. The average molecular weight is 260 g/mol. The van der Waals surface area contributed by atoms with Gasteiger partial charge in [-0.25, -0.2) is 4.98 Å². The molecule has 2 aromatic rings. The summed E-state index contributed by atoms with van der Waals surface area (Å²) in [5.74, 6) is 1.17. The van der Waals surface area contributed by atoms with Crippen molar-refractivity contribution in [3.05, 3.63) is 43.0 Å². The molecule has 1 aromatic carbocycles. The van der Waals surface area contributed by atoms with E-state index in [2.05, 4.69) is 4.98 Å². The van der Waals surface area contributed by atoms with E-state index in [4.69, 9.17) is 9.47 Å². The van der Waals surface area contributed by atoms with Gasteiger partial charge in [-0.2, -0.15) is 0 Å². The number of hydrogen-bond donors (Lipinski definition) is 0. The van der Waals surface area contributed by atoms with Crippen LogP contribution in [-0.2, 0) is 0 Å². The molecule has 0 bridgehead atoms. The van der Waals surface area contributed by atoms with Crippen molar-refractivity contribution in [2.75, 3.05) is 7.11 Å². The molecule has 0 fully saturated rings. The van der Waals surface area contributed by atoms with E-state index in [1.54, 1.807) is 57.6 Å². The first-order valence-corrected chi connectivity index (χ1v) is 5.89. The number of benzene rings is 1. The lowest BCUT2D eigenvalue weighted by Crippen LogP contribution is -2.41. The Kier molecular flexibility index (Phi) is 3.55. The van der Waals surface area contributed by atoms with Crippen LogP contribution in [0.3, 0.4) is 0 Å².